The molecular weight excluding hydrogens is 384 g/mol. The quantitative estimate of drug-likeness (QED) is 0.568. The number of ether oxygens (including phenoxy) is 1. The number of piperidine rings is 1. The van der Waals surface area contributed by atoms with Gasteiger partial charge in [-0.2, -0.15) is 0 Å². The van der Waals surface area contributed by atoms with Crippen molar-refractivity contribution in [3.8, 4) is 0 Å². The molecule has 9 nitrogen and oxygen atoms in total. The van der Waals surface area contributed by atoms with Crippen LogP contribution in [0.25, 0.3) is 11.0 Å². The maximum atomic E-state index is 13.0. The highest BCUT2D eigenvalue weighted by Crippen LogP contribution is 2.23. The minimum atomic E-state index is -1.46. The van der Waals surface area contributed by atoms with E-state index in [-0.39, 0.29) is 10.9 Å². The van der Waals surface area contributed by atoms with E-state index in [2.05, 4.69) is 9.97 Å². The lowest BCUT2D eigenvalue weighted by Gasteiger charge is -2.33. The van der Waals surface area contributed by atoms with E-state index in [1.54, 1.807) is 25.7 Å². The first kappa shape index (κ1) is 20.1. The summed E-state index contributed by atoms with van der Waals surface area (Å²) in [6.07, 6.45) is 2.40. The average Bonchev–Trinajstić information content (AvgIpc) is 2.65. The Balaban J connectivity index is 1.76. The van der Waals surface area contributed by atoms with Gasteiger partial charge in [0.05, 0.1) is 38.2 Å². The number of benzene rings is 1. The fourth-order valence-corrected chi connectivity index (χ4v) is 4.35. The molecule has 0 aliphatic carbocycles. The normalized spacial score (nSPS) is 18.7. The molecule has 0 unspecified atom stereocenters. The van der Waals surface area contributed by atoms with Crippen molar-refractivity contribution in [1.29, 1.82) is 0 Å². The number of nitro groups is 1. The Labute approximate surface area is 164 Å². The van der Waals surface area contributed by atoms with E-state index < -0.39 is 27.4 Å². The second kappa shape index (κ2) is 7.78. The zero-order valence-electron chi connectivity index (χ0n) is 16.0. The Hall–Kier alpha value is -2.62. The monoisotopic (exact) mass is 406 g/mol. The van der Waals surface area contributed by atoms with E-state index >= 15 is 0 Å². The summed E-state index contributed by atoms with van der Waals surface area (Å²) in [5.41, 5.74) is 0.150. The van der Waals surface area contributed by atoms with E-state index in [4.69, 9.17) is 4.74 Å². The van der Waals surface area contributed by atoms with E-state index in [1.165, 1.54) is 24.4 Å². The number of hydrogen-bond donors (Lipinski definition) is 0. The largest absolute Gasteiger partial charge is 0.444 e. The lowest BCUT2D eigenvalue weighted by molar-refractivity contribution is -0.384. The van der Waals surface area contributed by atoms with E-state index in [1.807, 2.05) is 0 Å². The van der Waals surface area contributed by atoms with Crippen LogP contribution in [0.4, 0.5) is 10.5 Å². The number of likely N-dealkylation sites (tertiary alicyclic amines) is 1. The smallest absolute Gasteiger partial charge is 0.410 e. The van der Waals surface area contributed by atoms with Gasteiger partial charge in [-0.25, -0.2) is 9.78 Å². The molecular formula is C18H22N4O5S. The third kappa shape index (κ3) is 4.61. The molecule has 2 atom stereocenters. The molecule has 0 N–H and O–H groups in total. The predicted octanol–water partition coefficient (Wildman–Crippen LogP) is 3.05. The number of fused-ring (bicyclic) bond motifs is 1. The SMILES string of the molecule is CC(C)(C)OC(=O)N1CCC[C@H]([S@](=O)c2cnc3cc([N+](=O)[O-])ccc3n2)C1. The van der Waals surface area contributed by atoms with Crippen LogP contribution in [0.5, 0.6) is 0 Å². The van der Waals surface area contributed by atoms with Crippen LogP contribution >= 0.6 is 0 Å². The Kier molecular flexibility index (Phi) is 5.59. The van der Waals surface area contributed by atoms with Gasteiger partial charge in [0.2, 0.25) is 0 Å². The highest BCUT2D eigenvalue weighted by molar-refractivity contribution is 7.85. The molecule has 0 radical (unpaired) electrons. The molecule has 10 heteroatoms. The lowest BCUT2D eigenvalue weighted by atomic mass is 10.1. The highest BCUT2D eigenvalue weighted by atomic mass is 32.2. The van der Waals surface area contributed by atoms with E-state index in [9.17, 15) is 19.1 Å². The van der Waals surface area contributed by atoms with Crippen LogP contribution in [0.2, 0.25) is 0 Å². The maximum Gasteiger partial charge on any atom is 0.410 e. The van der Waals surface area contributed by atoms with Crippen LogP contribution in [0.15, 0.2) is 29.4 Å². The summed E-state index contributed by atoms with van der Waals surface area (Å²) < 4.78 is 18.4. The van der Waals surface area contributed by atoms with Crippen molar-refractivity contribution < 1.29 is 18.7 Å². The molecule has 1 aromatic heterocycles. The van der Waals surface area contributed by atoms with Crippen molar-refractivity contribution in [1.82, 2.24) is 14.9 Å². The van der Waals surface area contributed by atoms with Gasteiger partial charge in [-0.15, -0.1) is 0 Å². The Bertz CT molecular complexity index is 943. The molecule has 1 aromatic carbocycles. The van der Waals surface area contributed by atoms with Gasteiger partial charge in [0.15, 0.2) is 0 Å². The minimum absolute atomic E-state index is 0.0732. The molecule has 150 valence electrons. The van der Waals surface area contributed by atoms with Gasteiger partial charge in [-0.05, 0) is 39.7 Å². The van der Waals surface area contributed by atoms with Crippen molar-refractivity contribution in [3.63, 3.8) is 0 Å². The third-order valence-corrected chi connectivity index (χ3v) is 5.85. The fraction of sp³-hybridized carbons (Fsp3) is 0.500. The second-order valence-electron chi connectivity index (χ2n) is 7.63. The van der Waals surface area contributed by atoms with Gasteiger partial charge in [-0.3, -0.25) is 19.3 Å². The Morgan fingerprint density at radius 3 is 2.79 bits per heavy atom. The number of non-ortho nitro benzene ring substituents is 1. The van der Waals surface area contributed by atoms with Crippen molar-refractivity contribution in [2.45, 2.75) is 49.5 Å². The summed E-state index contributed by atoms with van der Waals surface area (Å²) in [4.78, 5) is 32.8. The molecule has 2 heterocycles. The lowest BCUT2D eigenvalue weighted by Crippen LogP contribution is -2.45. The standard InChI is InChI=1S/C18H22N4O5S/c1-18(2,3)27-17(23)21-8-4-5-13(11-21)28(26)16-10-19-15-9-12(22(24)25)6-7-14(15)20-16/h6-7,9-10,13H,4-5,8,11H2,1-3H3/t13-,28-/m0/s1. The van der Waals surface area contributed by atoms with E-state index in [0.29, 0.717) is 35.6 Å². The molecule has 28 heavy (non-hydrogen) atoms. The molecule has 0 bridgehead atoms. The zero-order valence-corrected chi connectivity index (χ0v) is 16.8. The molecule has 1 fully saturated rings. The van der Waals surface area contributed by atoms with Crippen LogP contribution in [0.3, 0.4) is 0 Å². The number of nitrogens with zero attached hydrogens (tertiary/aromatic N) is 4. The van der Waals surface area contributed by atoms with E-state index in [0.717, 1.165) is 6.42 Å². The summed E-state index contributed by atoms with van der Waals surface area (Å²) in [5, 5.41) is 10.9. The number of aromatic nitrogens is 2. The van der Waals surface area contributed by atoms with Crippen LogP contribution in [0, 0.1) is 10.1 Å². The van der Waals surface area contributed by atoms with Crippen LogP contribution in [0.1, 0.15) is 33.6 Å². The number of rotatable bonds is 3. The van der Waals surface area contributed by atoms with Crippen molar-refractivity contribution in [3.05, 3.63) is 34.5 Å². The van der Waals surface area contributed by atoms with Crippen LogP contribution in [-0.2, 0) is 15.5 Å². The zero-order chi connectivity index (χ0) is 20.5. The number of carbonyl (C=O) groups excluding carboxylic acids is 1. The summed E-state index contributed by atoms with van der Waals surface area (Å²) in [7, 11) is -1.46. The molecule has 3 rings (SSSR count). The maximum absolute atomic E-state index is 13.0. The second-order valence-corrected chi connectivity index (χ2v) is 9.31. The Morgan fingerprint density at radius 1 is 1.36 bits per heavy atom. The molecule has 1 aliphatic heterocycles. The van der Waals surface area contributed by atoms with Gasteiger partial charge in [0.1, 0.15) is 10.6 Å². The first-order valence-electron chi connectivity index (χ1n) is 8.94. The number of hydrogen-bond acceptors (Lipinski definition) is 7. The number of amides is 1. The van der Waals surface area contributed by atoms with Crippen LogP contribution in [-0.4, -0.2) is 54.0 Å². The topological polar surface area (TPSA) is 116 Å². The molecule has 2 aromatic rings. The van der Waals surface area contributed by atoms with Gasteiger partial charge in [0.25, 0.3) is 5.69 Å². The van der Waals surface area contributed by atoms with Crippen molar-refractivity contribution in [2.24, 2.45) is 0 Å². The predicted molar refractivity (Wildman–Crippen MR) is 103 cm³/mol. The minimum Gasteiger partial charge on any atom is -0.444 e. The van der Waals surface area contributed by atoms with Crippen molar-refractivity contribution in [2.75, 3.05) is 13.1 Å². The first-order chi connectivity index (χ1) is 13.1. The fourth-order valence-electron chi connectivity index (χ4n) is 2.97. The first-order valence-corrected chi connectivity index (χ1v) is 10.1. The summed E-state index contributed by atoms with van der Waals surface area (Å²) in [6, 6.07) is 4.17. The van der Waals surface area contributed by atoms with Crippen LogP contribution < -0.4 is 0 Å². The molecule has 1 aliphatic rings. The van der Waals surface area contributed by atoms with Crippen molar-refractivity contribution >= 4 is 33.6 Å². The molecule has 0 spiro atoms. The summed E-state index contributed by atoms with van der Waals surface area (Å²) >= 11 is 0. The summed E-state index contributed by atoms with van der Waals surface area (Å²) in [5.74, 6) is 0. The third-order valence-electron chi connectivity index (χ3n) is 4.25. The molecule has 1 amide bonds. The number of carbonyl (C=O) groups is 1. The summed E-state index contributed by atoms with van der Waals surface area (Å²) in [6.45, 7) is 6.30. The number of nitro benzene ring substituents is 1. The molecule has 0 saturated carbocycles. The van der Waals surface area contributed by atoms with Gasteiger partial charge in [-0.1, -0.05) is 0 Å². The Morgan fingerprint density at radius 2 is 2.11 bits per heavy atom. The highest BCUT2D eigenvalue weighted by Gasteiger charge is 2.31. The molecule has 1 saturated heterocycles. The van der Waals surface area contributed by atoms with Gasteiger partial charge < -0.3 is 9.64 Å². The average molecular weight is 406 g/mol. The van der Waals surface area contributed by atoms with Gasteiger partial charge >= 0.3 is 6.09 Å². The van der Waals surface area contributed by atoms with Gasteiger partial charge in [0, 0.05) is 25.2 Å².